The predicted molar refractivity (Wildman–Crippen MR) is 112 cm³/mol. The first kappa shape index (κ1) is 26.5. The molecule has 1 heterocycles. The Morgan fingerprint density at radius 3 is 2.27 bits per heavy atom. The molecule has 0 aliphatic rings. The number of carbonyl (C=O) groups is 1. The third kappa shape index (κ3) is 8.67. The zero-order valence-electron chi connectivity index (χ0n) is 18.6. The van der Waals surface area contributed by atoms with Gasteiger partial charge in [-0.3, -0.25) is 0 Å². The normalized spacial score (nSPS) is 15.5. The van der Waals surface area contributed by atoms with Gasteiger partial charge in [0.15, 0.2) is 5.54 Å². The Bertz CT molecular complexity index is 597. The Balaban J connectivity index is 2.44. The standard InChI is InChI=1S/C21H39N3O6/c1-4-6-7-8-9-10-11-12-17-23-24-18(30-17)14-13-16(25)19(26)21(22,15-28-3)20(27)29-5-2/h16,19,25-26H,4-15,22H2,1-3H3. The molecule has 9 heteroatoms. The Hall–Kier alpha value is -1.55. The number of aliphatic hydroxyl groups is 2. The van der Waals surface area contributed by atoms with Gasteiger partial charge in [-0.1, -0.05) is 45.4 Å². The summed E-state index contributed by atoms with van der Waals surface area (Å²) < 4.78 is 15.5. The maximum absolute atomic E-state index is 12.1. The molecule has 1 aromatic heterocycles. The summed E-state index contributed by atoms with van der Waals surface area (Å²) in [7, 11) is 1.35. The molecule has 4 N–H and O–H groups in total. The first-order chi connectivity index (χ1) is 14.4. The summed E-state index contributed by atoms with van der Waals surface area (Å²) in [5.74, 6) is 0.130. The van der Waals surface area contributed by atoms with Crippen LogP contribution >= 0.6 is 0 Å². The number of aliphatic hydroxyl groups excluding tert-OH is 2. The number of hydrogen-bond donors (Lipinski definition) is 3. The molecule has 1 aromatic rings. The predicted octanol–water partition coefficient (Wildman–Crippen LogP) is 1.92. The van der Waals surface area contributed by atoms with Crippen LogP contribution in [0.3, 0.4) is 0 Å². The second-order valence-corrected chi connectivity index (χ2v) is 7.71. The SMILES string of the molecule is CCCCCCCCCc1nnc(CCC(O)C(O)C(N)(COC)C(=O)OCC)o1. The zero-order valence-corrected chi connectivity index (χ0v) is 18.6. The Morgan fingerprint density at radius 2 is 1.67 bits per heavy atom. The summed E-state index contributed by atoms with van der Waals surface area (Å²) in [6.45, 7) is 3.66. The number of methoxy groups -OCH3 is 1. The largest absolute Gasteiger partial charge is 0.464 e. The number of esters is 1. The van der Waals surface area contributed by atoms with Gasteiger partial charge < -0.3 is 29.8 Å². The quantitative estimate of drug-likeness (QED) is 0.250. The number of nitrogens with zero attached hydrogens (tertiary/aromatic N) is 2. The minimum absolute atomic E-state index is 0.0995. The molecule has 9 nitrogen and oxygen atoms in total. The third-order valence-corrected chi connectivity index (χ3v) is 5.09. The van der Waals surface area contributed by atoms with Crippen molar-refractivity contribution in [2.45, 2.75) is 95.8 Å². The molecule has 0 spiro atoms. The zero-order chi connectivity index (χ0) is 22.4. The minimum atomic E-state index is -1.86. The van der Waals surface area contributed by atoms with Gasteiger partial charge in [0, 0.05) is 20.0 Å². The van der Waals surface area contributed by atoms with Gasteiger partial charge in [-0.2, -0.15) is 0 Å². The molecule has 0 aromatic carbocycles. The monoisotopic (exact) mass is 429 g/mol. The second-order valence-electron chi connectivity index (χ2n) is 7.71. The van der Waals surface area contributed by atoms with Crippen LogP contribution in [0.5, 0.6) is 0 Å². The van der Waals surface area contributed by atoms with E-state index < -0.39 is 23.7 Å². The highest BCUT2D eigenvalue weighted by Gasteiger charge is 2.46. The highest BCUT2D eigenvalue weighted by molar-refractivity contribution is 5.81. The number of hydrogen-bond acceptors (Lipinski definition) is 9. The van der Waals surface area contributed by atoms with Gasteiger partial charge in [0.1, 0.15) is 6.10 Å². The summed E-state index contributed by atoms with van der Waals surface area (Å²) in [6, 6.07) is 0. The smallest absolute Gasteiger partial charge is 0.331 e. The number of rotatable bonds is 17. The maximum atomic E-state index is 12.1. The van der Waals surface area contributed by atoms with Crippen LogP contribution in [-0.4, -0.2) is 64.5 Å². The van der Waals surface area contributed by atoms with Crippen molar-refractivity contribution in [1.29, 1.82) is 0 Å². The van der Waals surface area contributed by atoms with E-state index in [1.54, 1.807) is 6.92 Å². The number of nitrogens with two attached hydrogens (primary N) is 1. The average Bonchev–Trinajstić information content (AvgIpc) is 3.18. The highest BCUT2D eigenvalue weighted by Crippen LogP contribution is 2.18. The Labute approximate surface area is 179 Å². The van der Waals surface area contributed by atoms with E-state index in [0.29, 0.717) is 11.8 Å². The van der Waals surface area contributed by atoms with Crippen LogP contribution < -0.4 is 5.73 Å². The van der Waals surface area contributed by atoms with Gasteiger partial charge in [-0.05, 0) is 19.8 Å². The van der Waals surface area contributed by atoms with E-state index in [2.05, 4.69) is 17.1 Å². The van der Waals surface area contributed by atoms with E-state index in [-0.39, 0.29) is 26.1 Å². The van der Waals surface area contributed by atoms with Gasteiger partial charge in [-0.15, -0.1) is 10.2 Å². The van der Waals surface area contributed by atoms with Crippen molar-refractivity contribution in [3.05, 3.63) is 11.8 Å². The van der Waals surface area contributed by atoms with Gasteiger partial charge >= 0.3 is 5.97 Å². The molecule has 174 valence electrons. The fourth-order valence-corrected chi connectivity index (χ4v) is 3.27. The molecule has 0 aliphatic carbocycles. The van der Waals surface area contributed by atoms with Crippen LogP contribution in [0.1, 0.15) is 77.0 Å². The number of ether oxygens (including phenoxy) is 2. The number of unbranched alkanes of at least 4 members (excludes halogenated alkanes) is 6. The van der Waals surface area contributed by atoms with Crippen molar-refractivity contribution >= 4 is 5.97 Å². The van der Waals surface area contributed by atoms with Crippen molar-refractivity contribution < 1.29 is 28.9 Å². The number of aromatic nitrogens is 2. The van der Waals surface area contributed by atoms with Crippen LogP contribution in [0.2, 0.25) is 0 Å². The van der Waals surface area contributed by atoms with Gasteiger partial charge in [-0.25, -0.2) is 4.79 Å². The molecule has 0 radical (unpaired) electrons. The van der Waals surface area contributed by atoms with Crippen LogP contribution in [-0.2, 0) is 27.1 Å². The molecule has 3 atom stereocenters. The van der Waals surface area contributed by atoms with Crippen molar-refractivity contribution in [1.82, 2.24) is 10.2 Å². The van der Waals surface area contributed by atoms with E-state index in [0.717, 1.165) is 19.3 Å². The molecule has 0 aliphatic heterocycles. The molecule has 0 amide bonds. The van der Waals surface area contributed by atoms with Crippen LogP contribution in [0, 0.1) is 0 Å². The van der Waals surface area contributed by atoms with Crippen molar-refractivity contribution in [3.8, 4) is 0 Å². The fourth-order valence-electron chi connectivity index (χ4n) is 3.27. The topological polar surface area (TPSA) is 141 Å². The lowest BCUT2D eigenvalue weighted by atomic mass is 9.88. The third-order valence-electron chi connectivity index (χ3n) is 5.09. The van der Waals surface area contributed by atoms with E-state index in [4.69, 9.17) is 19.6 Å². The van der Waals surface area contributed by atoms with Crippen molar-refractivity contribution in [2.24, 2.45) is 5.73 Å². The fraction of sp³-hybridized carbons (Fsp3) is 0.857. The molecule has 0 bridgehead atoms. The molecular weight excluding hydrogens is 390 g/mol. The van der Waals surface area contributed by atoms with Gasteiger partial charge in [0.25, 0.3) is 0 Å². The van der Waals surface area contributed by atoms with E-state index in [1.165, 1.54) is 39.2 Å². The van der Waals surface area contributed by atoms with Crippen LogP contribution in [0.4, 0.5) is 0 Å². The lowest BCUT2D eigenvalue weighted by Crippen LogP contribution is -2.64. The van der Waals surface area contributed by atoms with E-state index >= 15 is 0 Å². The van der Waals surface area contributed by atoms with Crippen molar-refractivity contribution in [3.63, 3.8) is 0 Å². The minimum Gasteiger partial charge on any atom is -0.464 e. The average molecular weight is 430 g/mol. The lowest BCUT2D eigenvalue weighted by Gasteiger charge is -2.33. The summed E-state index contributed by atoms with van der Waals surface area (Å²) in [5, 5.41) is 28.8. The molecule has 30 heavy (non-hydrogen) atoms. The maximum Gasteiger partial charge on any atom is 0.331 e. The lowest BCUT2D eigenvalue weighted by molar-refractivity contribution is -0.162. The molecule has 0 saturated carbocycles. The Kier molecular flexibility index (Phi) is 12.8. The van der Waals surface area contributed by atoms with E-state index in [9.17, 15) is 15.0 Å². The molecule has 3 unspecified atom stereocenters. The highest BCUT2D eigenvalue weighted by atomic mass is 16.5. The van der Waals surface area contributed by atoms with Gasteiger partial charge in [0.2, 0.25) is 11.8 Å². The first-order valence-corrected chi connectivity index (χ1v) is 11.0. The van der Waals surface area contributed by atoms with E-state index in [1.807, 2.05) is 0 Å². The summed E-state index contributed by atoms with van der Waals surface area (Å²) in [6.07, 6.45) is 6.70. The number of aryl methyl sites for hydroxylation is 2. The molecule has 1 rings (SSSR count). The first-order valence-electron chi connectivity index (χ1n) is 11.0. The molecule has 0 fully saturated rings. The summed E-state index contributed by atoms with van der Waals surface area (Å²) in [5.41, 5.74) is 4.14. The van der Waals surface area contributed by atoms with Gasteiger partial charge in [0.05, 0.1) is 19.3 Å². The van der Waals surface area contributed by atoms with Crippen LogP contribution in [0.15, 0.2) is 4.42 Å². The molecular formula is C21H39N3O6. The second kappa shape index (κ2) is 14.5. The Morgan fingerprint density at radius 1 is 1.07 bits per heavy atom. The summed E-state index contributed by atoms with van der Waals surface area (Å²) >= 11 is 0. The van der Waals surface area contributed by atoms with Crippen LogP contribution in [0.25, 0.3) is 0 Å². The number of carbonyl (C=O) groups excluding carboxylic acids is 1. The summed E-state index contributed by atoms with van der Waals surface area (Å²) in [4.78, 5) is 12.1. The van der Waals surface area contributed by atoms with Crippen molar-refractivity contribution in [2.75, 3.05) is 20.3 Å². The molecule has 0 saturated heterocycles.